The Morgan fingerprint density at radius 1 is 1.19 bits per heavy atom. The molecule has 1 aliphatic heterocycles. The number of anilines is 1. The molecule has 0 spiro atoms. The lowest BCUT2D eigenvalue weighted by Gasteiger charge is -2.15. The fraction of sp³-hybridized carbons (Fsp3) is 0.368. The molecule has 1 heterocycles. The molecule has 0 aliphatic carbocycles. The number of nitrogens with zero attached hydrogens (tertiary/aromatic N) is 1. The first kappa shape index (κ1) is 20.2. The summed E-state index contributed by atoms with van der Waals surface area (Å²) in [6.07, 6.45) is 2.20. The molecule has 0 amide bonds. The zero-order valence-corrected chi connectivity index (χ0v) is 17.3. The van der Waals surface area contributed by atoms with Crippen molar-refractivity contribution in [3.05, 3.63) is 58.1 Å². The van der Waals surface area contributed by atoms with Crippen LogP contribution < -0.4 is 4.72 Å². The molecule has 146 valence electrons. The summed E-state index contributed by atoms with van der Waals surface area (Å²) >= 11 is 2.83. The number of sulfonamides is 1. The fourth-order valence-corrected chi connectivity index (χ4v) is 4.81. The van der Waals surface area contributed by atoms with Gasteiger partial charge in [-0.2, -0.15) is 0 Å². The number of likely N-dealkylation sites (tertiary alicyclic amines) is 1. The highest BCUT2D eigenvalue weighted by atomic mass is 79.9. The van der Waals surface area contributed by atoms with Gasteiger partial charge in [0, 0.05) is 12.2 Å². The molecule has 4 nitrogen and oxygen atoms in total. The van der Waals surface area contributed by atoms with E-state index in [1.54, 1.807) is 12.1 Å². The van der Waals surface area contributed by atoms with Gasteiger partial charge in [-0.05, 0) is 77.6 Å². The standard InChI is InChI=1S/C19H21BrF2N2O2S/c1-2-8-24-9-7-14(12-24)13-3-5-15(6-4-13)23-27(25,26)19-11-17(21)16(20)10-18(19)22/h3-6,10-11,14,23H,2,7-9,12H2,1H3. The third-order valence-electron chi connectivity index (χ3n) is 4.71. The number of halogens is 3. The Balaban J connectivity index is 1.74. The first-order valence-corrected chi connectivity index (χ1v) is 11.1. The summed E-state index contributed by atoms with van der Waals surface area (Å²) in [5.74, 6) is -1.43. The normalized spacial score (nSPS) is 18.0. The van der Waals surface area contributed by atoms with Crippen molar-refractivity contribution in [1.82, 2.24) is 4.90 Å². The Bertz CT molecular complexity index is 920. The minimum absolute atomic E-state index is 0.128. The molecular weight excluding hydrogens is 438 g/mol. The first-order valence-electron chi connectivity index (χ1n) is 8.80. The van der Waals surface area contributed by atoms with Crippen LogP contribution in [0.1, 0.15) is 31.2 Å². The van der Waals surface area contributed by atoms with Crippen molar-refractivity contribution < 1.29 is 17.2 Å². The van der Waals surface area contributed by atoms with E-state index in [-0.39, 0.29) is 4.47 Å². The van der Waals surface area contributed by atoms with Gasteiger partial charge >= 0.3 is 0 Å². The average Bonchev–Trinajstić information content (AvgIpc) is 3.07. The summed E-state index contributed by atoms with van der Waals surface area (Å²) in [4.78, 5) is 1.70. The molecule has 0 aromatic heterocycles. The lowest BCUT2D eigenvalue weighted by molar-refractivity contribution is 0.335. The highest BCUT2D eigenvalue weighted by Gasteiger charge is 2.24. The Hall–Kier alpha value is -1.51. The maximum atomic E-state index is 14.0. The molecule has 1 unspecified atom stereocenters. The molecule has 1 fully saturated rings. The molecule has 0 radical (unpaired) electrons. The van der Waals surface area contributed by atoms with Crippen LogP contribution in [0.15, 0.2) is 45.8 Å². The Labute approximate surface area is 166 Å². The van der Waals surface area contributed by atoms with Gasteiger partial charge in [-0.25, -0.2) is 17.2 Å². The van der Waals surface area contributed by atoms with Gasteiger partial charge in [0.15, 0.2) is 0 Å². The van der Waals surface area contributed by atoms with E-state index in [0.717, 1.165) is 44.1 Å². The van der Waals surface area contributed by atoms with E-state index in [9.17, 15) is 17.2 Å². The third-order valence-corrected chi connectivity index (χ3v) is 6.71. The van der Waals surface area contributed by atoms with Crippen LogP contribution in [0.5, 0.6) is 0 Å². The van der Waals surface area contributed by atoms with Crippen LogP contribution in [0.25, 0.3) is 0 Å². The molecule has 2 aromatic carbocycles. The van der Waals surface area contributed by atoms with Crippen molar-refractivity contribution in [2.24, 2.45) is 0 Å². The van der Waals surface area contributed by atoms with Gasteiger partial charge in [0.05, 0.1) is 4.47 Å². The number of hydrogen-bond acceptors (Lipinski definition) is 3. The molecule has 1 aliphatic rings. The van der Waals surface area contributed by atoms with Gasteiger partial charge in [0.1, 0.15) is 16.5 Å². The molecule has 2 aromatic rings. The molecule has 3 rings (SSSR count). The Kier molecular flexibility index (Phi) is 6.18. The minimum atomic E-state index is -4.23. The number of benzene rings is 2. The highest BCUT2D eigenvalue weighted by molar-refractivity contribution is 9.10. The summed E-state index contributed by atoms with van der Waals surface area (Å²) in [7, 11) is -4.23. The first-order chi connectivity index (χ1) is 12.8. The topological polar surface area (TPSA) is 49.4 Å². The summed E-state index contributed by atoms with van der Waals surface area (Å²) in [6, 6.07) is 8.55. The second kappa shape index (κ2) is 8.24. The quantitative estimate of drug-likeness (QED) is 0.636. The van der Waals surface area contributed by atoms with Crippen LogP contribution >= 0.6 is 15.9 Å². The zero-order valence-electron chi connectivity index (χ0n) is 14.9. The zero-order chi connectivity index (χ0) is 19.6. The molecule has 0 bridgehead atoms. The maximum Gasteiger partial charge on any atom is 0.264 e. The van der Waals surface area contributed by atoms with Crippen LogP contribution in [0.2, 0.25) is 0 Å². The van der Waals surface area contributed by atoms with Crippen LogP contribution in [-0.2, 0) is 10.0 Å². The maximum absolute atomic E-state index is 14.0. The predicted molar refractivity (Wildman–Crippen MR) is 105 cm³/mol. The van der Waals surface area contributed by atoms with Crippen molar-refractivity contribution in [2.45, 2.75) is 30.6 Å². The van der Waals surface area contributed by atoms with Crippen LogP contribution in [0.4, 0.5) is 14.5 Å². The van der Waals surface area contributed by atoms with Crippen molar-refractivity contribution in [1.29, 1.82) is 0 Å². The van der Waals surface area contributed by atoms with Gasteiger partial charge < -0.3 is 4.90 Å². The number of rotatable bonds is 6. The number of hydrogen-bond donors (Lipinski definition) is 1. The highest BCUT2D eigenvalue weighted by Crippen LogP contribution is 2.29. The van der Waals surface area contributed by atoms with Gasteiger partial charge in [-0.1, -0.05) is 19.1 Å². The molecule has 1 N–H and O–H groups in total. The second-order valence-electron chi connectivity index (χ2n) is 6.71. The lowest BCUT2D eigenvalue weighted by Crippen LogP contribution is -2.20. The van der Waals surface area contributed by atoms with Crippen LogP contribution in [0.3, 0.4) is 0 Å². The Morgan fingerprint density at radius 2 is 1.89 bits per heavy atom. The monoisotopic (exact) mass is 458 g/mol. The van der Waals surface area contributed by atoms with E-state index < -0.39 is 26.6 Å². The van der Waals surface area contributed by atoms with Crippen molar-refractivity contribution in [3.8, 4) is 0 Å². The van der Waals surface area contributed by atoms with Gasteiger partial charge in [-0.15, -0.1) is 0 Å². The molecule has 27 heavy (non-hydrogen) atoms. The summed E-state index contributed by atoms with van der Waals surface area (Å²) in [5.41, 5.74) is 1.46. The van der Waals surface area contributed by atoms with Gasteiger partial charge in [0.2, 0.25) is 0 Å². The van der Waals surface area contributed by atoms with E-state index in [1.165, 1.54) is 0 Å². The molecular formula is C19H21BrF2N2O2S. The van der Waals surface area contributed by atoms with E-state index in [4.69, 9.17) is 0 Å². The van der Waals surface area contributed by atoms with Crippen LogP contribution in [-0.4, -0.2) is 33.0 Å². The van der Waals surface area contributed by atoms with Crippen molar-refractivity contribution >= 4 is 31.6 Å². The van der Waals surface area contributed by atoms with Crippen LogP contribution in [0, 0.1) is 11.6 Å². The summed E-state index contributed by atoms with van der Waals surface area (Å²) in [6.45, 7) is 5.32. The predicted octanol–water partition coefficient (Wildman–Crippen LogP) is 4.73. The van der Waals surface area contributed by atoms with Gasteiger partial charge in [-0.3, -0.25) is 4.72 Å². The average molecular weight is 459 g/mol. The fourth-order valence-electron chi connectivity index (χ4n) is 3.37. The summed E-state index contributed by atoms with van der Waals surface area (Å²) in [5, 5.41) is 0. The Morgan fingerprint density at radius 3 is 2.56 bits per heavy atom. The smallest absolute Gasteiger partial charge is 0.264 e. The molecule has 0 saturated carbocycles. The second-order valence-corrected chi connectivity index (χ2v) is 9.22. The largest absolute Gasteiger partial charge is 0.303 e. The molecule has 1 saturated heterocycles. The molecule has 8 heteroatoms. The minimum Gasteiger partial charge on any atom is -0.303 e. The van der Waals surface area contributed by atoms with Crippen molar-refractivity contribution in [2.75, 3.05) is 24.4 Å². The van der Waals surface area contributed by atoms with E-state index >= 15 is 0 Å². The van der Waals surface area contributed by atoms with E-state index in [1.807, 2.05) is 12.1 Å². The van der Waals surface area contributed by atoms with Crippen molar-refractivity contribution in [3.63, 3.8) is 0 Å². The van der Waals surface area contributed by atoms with E-state index in [2.05, 4.69) is 32.5 Å². The van der Waals surface area contributed by atoms with Gasteiger partial charge in [0.25, 0.3) is 10.0 Å². The molecule has 1 atom stereocenters. The third kappa shape index (κ3) is 4.67. The van der Waals surface area contributed by atoms with E-state index in [0.29, 0.717) is 17.7 Å². The lowest BCUT2D eigenvalue weighted by atomic mass is 9.98. The number of nitrogens with one attached hydrogen (secondary N) is 1. The summed E-state index contributed by atoms with van der Waals surface area (Å²) < 4.78 is 54.6. The SMILES string of the molecule is CCCN1CCC(c2ccc(NS(=O)(=O)c3cc(F)c(Br)cc3F)cc2)C1.